The second-order valence-corrected chi connectivity index (χ2v) is 5.54. The molecule has 0 saturated heterocycles. The molecule has 9 heteroatoms. The van der Waals surface area contributed by atoms with Gasteiger partial charge in [-0.05, 0) is 12.8 Å². The molecule has 0 aromatic heterocycles. The van der Waals surface area contributed by atoms with Gasteiger partial charge in [-0.2, -0.15) is 0 Å². The number of non-ortho nitro benzene ring substituents is 1. The minimum Gasteiger partial charge on any atom is -0.871 e. The van der Waals surface area contributed by atoms with E-state index in [-0.39, 0.29) is 24.2 Å². The van der Waals surface area contributed by atoms with Crippen LogP contribution in [0.5, 0.6) is 5.75 Å². The Morgan fingerprint density at radius 2 is 2.00 bits per heavy atom. The number of hydrogen-bond donors (Lipinski definition) is 1. The van der Waals surface area contributed by atoms with Crippen molar-refractivity contribution < 1.29 is 24.7 Å². The third-order valence-electron chi connectivity index (χ3n) is 3.57. The van der Waals surface area contributed by atoms with Crippen LogP contribution in [-0.4, -0.2) is 16.8 Å². The number of allylic oxidation sites excluding steroid dienone is 2. The molecule has 0 radical (unpaired) electrons. The first-order chi connectivity index (χ1) is 10.8. The van der Waals surface area contributed by atoms with Crippen LogP contribution >= 0.6 is 11.6 Å². The third kappa shape index (κ3) is 3.78. The van der Waals surface area contributed by atoms with Gasteiger partial charge in [-0.1, -0.05) is 29.5 Å². The largest absolute Gasteiger partial charge is 0.871 e. The van der Waals surface area contributed by atoms with Crippen molar-refractivity contribution in [3.8, 4) is 5.75 Å². The summed E-state index contributed by atoms with van der Waals surface area (Å²) in [5, 5.41) is 36.1. The van der Waals surface area contributed by atoms with E-state index in [4.69, 9.17) is 11.6 Å². The first-order valence-electron chi connectivity index (χ1n) is 6.61. The average Bonchev–Trinajstić information content (AvgIpc) is 2.48. The highest BCUT2D eigenvalue weighted by Gasteiger charge is 2.32. The molecular weight excluding hydrogens is 328 g/mol. The van der Waals surface area contributed by atoms with Crippen LogP contribution in [-0.2, 0) is 9.59 Å². The lowest BCUT2D eigenvalue weighted by Crippen LogP contribution is -2.42. The Morgan fingerprint density at radius 3 is 2.61 bits per heavy atom. The van der Waals surface area contributed by atoms with E-state index in [2.05, 4.69) is 5.32 Å². The Balaban J connectivity index is 2.24. The molecule has 122 valence electrons. The monoisotopic (exact) mass is 338 g/mol. The molecule has 1 aromatic carbocycles. The van der Waals surface area contributed by atoms with Crippen molar-refractivity contribution in [2.24, 2.45) is 11.8 Å². The maximum absolute atomic E-state index is 12.3. The van der Waals surface area contributed by atoms with E-state index >= 15 is 0 Å². The summed E-state index contributed by atoms with van der Waals surface area (Å²) in [6, 6.07) is 2.90. The lowest BCUT2D eigenvalue weighted by atomic mass is 9.82. The second kappa shape index (κ2) is 6.66. The number of nitrogens with zero attached hydrogens (tertiary/aromatic N) is 1. The van der Waals surface area contributed by atoms with Crippen molar-refractivity contribution in [2.45, 2.75) is 12.8 Å². The van der Waals surface area contributed by atoms with Gasteiger partial charge in [0.25, 0.3) is 5.69 Å². The molecule has 0 aliphatic heterocycles. The average molecular weight is 339 g/mol. The molecule has 1 amide bonds. The summed E-state index contributed by atoms with van der Waals surface area (Å²) in [4.78, 5) is 33.4. The van der Waals surface area contributed by atoms with Crippen LogP contribution < -0.4 is 15.5 Å². The Bertz CT molecular complexity index is 703. The lowest BCUT2D eigenvalue weighted by Gasteiger charge is -2.30. The summed E-state index contributed by atoms with van der Waals surface area (Å²) in [6.45, 7) is 0. The molecule has 1 N–H and O–H groups in total. The number of carboxylic acids is 1. The summed E-state index contributed by atoms with van der Waals surface area (Å²) in [6.07, 6.45) is 1.53. The van der Waals surface area contributed by atoms with Gasteiger partial charge in [0.05, 0.1) is 10.8 Å². The molecule has 0 saturated carbocycles. The Hall–Kier alpha value is -2.61. The molecule has 2 rings (SSSR count). The fraction of sp³-hybridized carbons (Fsp3) is 0.286. The van der Waals surface area contributed by atoms with Gasteiger partial charge in [-0.3, -0.25) is 14.9 Å². The Labute approximate surface area is 135 Å². The number of rotatable bonds is 4. The van der Waals surface area contributed by atoms with Gasteiger partial charge in [-0.15, -0.1) is 0 Å². The van der Waals surface area contributed by atoms with Crippen LogP contribution in [0.15, 0.2) is 29.3 Å². The molecule has 23 heavy (non-hydrogen) atoms. The Kier molecular flexibility index (Phi) is 4.85. The van der Waals surface area contributed by atoms with Gasteiger partial charge in [-0.25, -0.2) is 0 Å². The number of benzene rings is 1. The number of aliphatic carboxylic acids is 1. The number of anilines is 1. The summed E-state index contributed by atoms with van der Waals surface area (Å²) in [5.41, 5.74) is -0.648. The number of carboxylic acid groups (broad SMARTS) is 1. The maximum atomic E-state index is 12.3. The zero-order valence-corrected chi connectivity index (χ0v) is 12.4. The number of nitro groups is 1. The SMILES string of the molecule is O=C(Nc1cc([N+](=O)[O-])ccc1[O-])[C@H]1CC(Cl)=CC[C@H]1C(=O)[O-]. The minimum absolute atomic E-state index is 0.00481. The summed E-state index contributed by atoms with van der Waals surface area (Å²) < 4.78 is 0. The molecular formula is C14H11ClN2O6-2. The zero-order valence-electron chi connectivity index (χ0n) is 11.7. The number of carbonyl (C=O) groups excluding carboxylic acids is 2. The van der Waals surface area contributed by atoms with Crippen LogP contribution in [0, 0.1) is 22.0 Å². The highest BCUT2D eigenvalue weighted by molar-refractivity contribution is 6.29. The molecule has 0 bridgehead atoms. The zero-order chi connectivity index (χ0) is 17.1. The van der Waals surface area contributed by atoms with Crippen LogP contribution in [0.1, 0.15) is 12.8 Å². The number of nitrogens with one attached hydrogen (secondary N) is 1. The van der Waals surface area contributed by atoms with Gasteiger partial charge in [0.1, 0.15) is 0 Å². The predicted molar refractivity (Wildman–Crippen MR) is 76.3 cm³/mol. The number of halogens is 1. The molecule has 0 unspecified atom stereocenters. The summed E-state index contributed by atoms with van der Waals surface area (Å²) in [7, 11) is 0. The highest BCUT2D eigenvalue weighted by Crippen LogP contribution is 2.33. The van der Waals surface area contributed by atoms with E-state index in [9.17, 15) is 29.9 Å². The maximum Gasteiger partial charge on any atom is 0.271 e. The van der Waals surface area contributed by atoms with E-state index in [0.717, 1.165) is 18.2 Å². The van der Waals surface area contributed by atoms with E-state index in [0.29, 0.717) is 5.03 Å². The van der Waals surface area contributed by atoms with Crippen molar-refractivity contribution in [1.82, 2.24) is 0 Å². The molecule has 1 aliphatic rings. The number of nitro benzene ring substituents is 1. The van der Waals surface area contributed by atoms with Gasteiger partial charge in [0.15, 0.2) is 0 Å². The van der Waals surface area contributed by atoms with E-state index in [1.165, 1.54) is 6.08 Å². The molecule has 0 fully saturated rings. The van der Waals surface area contributed by atoms with Crippen molar-refractivity contribution in [2.75, 3.05) is 5.32 Å². The van der Waals surface area contributed by atoms with Crippen molar-refractivity contribution >= 4 is 34.9 Å². The van der Waals surface area contributed by atoms with E-state index in [1.54, 1.807) is 0 Å². The van der Waals surface area contributed by atoms with Crippen LogP contribution in [0.3, 0.4) is 0 Å². The molecule has 2 atom stereocenters. The number of amides is 1. The van der Waals surface area contributed by atoms with Crippen molar-refractivity contribution in [3.05, 3.63) is 39.4 Å². The molecule has 8 nitrogen and oxygen atoms in total. The fourth-order valence-corrected chi connectivity index (χ4v) is 2.60. The lowest BCUT2D eigenvalue weighted by molar-refractivity contribution is -0.385. The van der Waals surface area contributed by atoms with E-state index in [1.807, 2.05) is 0 Å². The molecule has 1 aromatic rings. The highest BCUT2D eigenvalue weighted by atomic mass is 35.5. The Morgan fingerprint density at radius 1 is 1.30 bits per heavy atom. The fourth-order valence-electron chi connectivity index (χ4n) is 2.35. The second-order valence-electron chi connectivity index (χ2n) is 5.05. The van der Waals surface area contributed by atoms with Gasteiger partial charge < -0.3 is 20.3 Å². The summed E-state index contributed by atoms with van der Waals surface area (Å²) in [5.74, 6) is -4.86. The van der Waals surface area contributed by atoms with E-state index < -0.39 is 34.4 Å². The first kappa shape index (κ1) is 16.8. The predicted octanol–water partition coefficient (Wildman–Crippen LogP) is 0.506. The molecule has 0 heterocycles. The molecule has 1 aliphatic carbocycles. The van der Waals surface area contributed by atoms with Gasteiger partial charge >= 0.3 is 0 Å². The smallest absolute Gasteiger partial charge is 0.271 e. The standard InChI is InChI=1S/C14H13ClN2O6/c15-7-1-3-9(14(20)21)10(5-7)13(19)16-11-6-8(17(22)23)2-4-12(11)18/h1-2,4,6,9-10,18H,3,5H2,(H,16,19)(H,20,21)/p-2/t9-,10+/m1/s1. The summed E-state index contributed by atoms with van der Waals surface area (Å²) >= 11 is 5.84. The topological polar surface area (TPSA) is 135 Å². The molecule has 0 spiro atoms. The van der Waals surface area contributed by atoms with Gasteiger partial charge in [0.2, 0.25) is 5.91 Å². The van der Waals surface area contributed by atoms with Crippen LogP contribution in [0.4, 0.5) is 11.4 Å². The van der Waals surface area contributed by atoms with Crippen LogP contribution in [0.2, 0.25) is 0 Å². The third-order valence-corrected chi connectivity index (χ3v) is 3.87. The quantitative estimate of drug-likeness (QED) is 0.627. The number of carbonyl (C=O) groups is 2. The first-order valence-corrected chi connectivity index (χ1v) is 6.99. The normalized spacial score (nSPS) is 20.5. The van der Waals surface area contributed by atoms with Crippen LogP contribution in [0.25, 0.3) is 0 Å². The van der Waals surface area contributed by atoms with Crippen molar-refractivity contribution in [3.63, 3.8) is 0 Å². The van der Waals surface area contributed by atoms with Crippen molar-refractivity contribution in [1.29, 1.82) is 0 Å². The minimum atomic E-state index is -1.40. The number of hydrogen-bond acceptors (Lipinski definition) is 6. The van der Waals surface area contributed by atoms with Gasteiger partial charge in [0, 0.05) is 34.7 Å².